The number of amides is 2. The van der Waals surface area contributed by atoms with Crippen LogP contribution < -0.4 is 15.4 Å². The molecule has 0 aliphatic carbocycles. The maximum atomic E-state index is 11.9. The highest BCUT2D eigenvalue weighted by atomic mass is 16.5. The van der Waals surface area contributed by atoms with Gasteiger partial charge in [-0.3, -0.25) is 9.59 Å². The van der Waals surface area contributed by atoms with Crippen LogP contribution >= 0.6 is 0 Å². The number of ether oxygens (including phenoxy) is 1. The van der Waals surface area contributed by atoms with Crippen LogP contribution in [0.15, 0.2) is 83.5 Å². The lowest BCUT2D eigenvalue weighted by Crippen LogP contribution is -2.35. The van der Waals surface area contributed by atoms with Gasteiger partial charge in [0.05, 0.1) is 19.4 Å². The summed E-state index contributed by atoms with van der Waals surface area (Å²) in [6.45, 7) is 0.687. The molecule has 0 bridgehead atoms. The minimum absolute atomic E-state index is 0.101. The van der Waals surface area contributed by atoms with Crippen LogP contribution in [0.3, 0.4) is 0 Å². The van der Waals surface area contributed by atoms with Crippen molar-refractivity contribution in [1.82, 2.24) is 10.6 Å². The van der Waals surface area contributed by atoms with Crippen LogP contribution in [0.5, 0.6) is 5.75 Å². The first-order valence-electron chi connectivity index (χ1n) is 9.21. The highest BCUT2D eigenvalue weighted by molar-refractivity contribution is 5.94. The normalized spacial score (nSPS) is 10.6. The summed E-state index contributed by atoms with van der Waals surface area (Å²) in [5.74, 6) is 0.773. The maximum Gasteiger partial charge on any atom is 0.244 e. The number of hydrogen-bond donors (Lipinski definition) is 2. The molecule has 3 rings (SSSR count). The van der Waals surface area contributed by atoms with Gasteiger partial charge in [-0.15, -0.1) is 0 Å². The van der Waals surface area contributed by atoms with Crippen molar-refractivity contribution in [3.05, 3.63) is 96.0 Å². The minimum atomic E-state index is -0.345. The Kier molecular flexibility index (Phi) is 7.23. The number of rotatable bonds is 9. The largest absolute Gasteiger partial charge is 0.489 e. The van der Waals surface area contributed by atoms with E-state index in [-0.39, 0.29) is 24.9 Å². The Morgan fingerprint density at radius 3 is 2.45 bits per heavy atom. The molecular formula is C23H22N2O4. The van der Waals surface area contributed by atoms with Crippen molar-refractivity contribution >= 4 is 17.9 Å². The quantitative estimate of drug-likeness (QED) is 0.550. The lowest BCUT2D eigenvalue weighted by Gasteiger charge is -2.06. The molecule has 0 fully saturated rings. The zero-order valence-corrected chi connectivity index (χ0v) is 15.8. The van der Waals surface area contributed by atoms with E-state index in [0.717, 1.165) is 16.9 Å². The summed E-state index contributed by atoms with van der Waals surface area (Å²) in [5, 5.41) is 5.20. The van der Waals surface area contributed by atoms with Crippen molar-refractivity contribution in [2.45, 2.75) is 13.2 Å². The molecule has 0 aliphatic heterocycles. The van der Waals surface area contributed by atoms with Gasteiger partial charge in [-0.2, -0.15) is 0 Å². The summed E-state index contributed by atoms with van der Waals surface area (Å²) in [4.78, 5) is 23.6. The van der Waals surface area contributed by atoms with E-state index in [0.29, 0.717) is 12.4 Å². The van der Waals surface area contributed by atoms with Gasteiger partial charge >= 0.3 is 0 Å². The molecule has 0 saturated carbocycles. The molecule has 2 aromatic carbocycles. The first-order valence-corrected chi connectivity index (χ1v) is 9.21. The molecule has 0 saturated heterocycles. The first kappa shape index (κ1) is 19.9. The molecule has 2 amide bonds. The number of hydrogen-bond acceptors (Lipinski definition) is 4. The molecule has 0 radical (unpaired) electrons. The third kappa shape index (κ3) is 7.03. The molecule has 0 aliphatic rings. The monoisotopic (exact) mass is 390 g/mol. The lowest BCUT2D eigenvalue weighted by molar-refractivity contribution is -0.124. The topological polar surface area (TPSA) is 80.6 Å². The van der Waals surface area contributed by atoms with E-state index in [1.807, 2.05) is 54.6 Å². The second-order valence-corrected chi connectivity index (χ2v) is 6.25. The van der Waals surface area contributed by atoms with Crippen LogP contribution in [-0.4, -0.2) is 18.4 Å². The summed E-state index contributed by atoms with van der Waals surface area (Å²) in [5.41, 5.74) is 1.95. The Morgan fingerprint density at radius 2 is 1.72 bits per heavy atom. The maximum absolute atomic E-state index is 11.9. The van der Waals surface area contributed by atoms with E-state index in [2.05, 4.69) is 10.6 Å². The van der Waals surface area contributed by atoms with Crippen LogP contribution in [-0.2, 0) is 22.7 Å². The highest BCUT2D eigenvalue weighted by Crippen LogP contribution is 2.15. The van der Waals surface area contributed by atoms with Gasteiger partial charge in [0, 0.05) is 6.08 Å². The second-order valence-electron chi connectivity index (χ2n) is 6.25. The zero-order valence-electron chi connectivity index (χ0n) is 15.8. The van der Waals surface area contributed by atoms with Gasteiger partial charge in [0.1, 0.15) is 18.1 Å². The van der Waals surface area contributed by atoms with Gasteiger partial charge in [0.2, 0.25) is 11.8 Å². The first-order chi connectivity index (χ1) is 14.2. The molecule has 2 N–H and O–H groups in total. The van der Waals surface area contributed by atoms with E-state index in [1.165, 1.54) is 12.3 Å². The molecule has 0 unspecified atom stereocenters. The molecule has 148 valence electrons. The average Bonchev–Trinajstić information content (AvgIpc) is 3.28. The highest BCUT2D eigenvalue weighted by Gasteiger charge is 2.04. The Morgan fingerprint density at radius 1 is 0.931 bits per heavy atom. The smallest absolute Gasteiger partial charge is 0.244 e. The number of carbonyl (C=O) groups is 2. The van der Waals surface area contributed by atoms with Crippen molar-refractivity contribution in [2.75, 3.05) is 6.54 Å². The fraction of sp³-hybridized carbons (Fsp3) is 0.130. The molecule has 3 aromatic rings. The van der Waals surface area contributed by atoms with Crippen molar-refractivity contribution in [1.29, 1.82) is 0 Å². The van der Waals surface area contributed by atoms with Crippen LogP contribution in [0.2, 0.25) is 0 Å². The van der Waals surface area contributed by atoms with E-state index >= 15 is 0 Å². The molecule has 29 heavy (non-hydrogen) atoms. The number of benzene rings is 2. The molecular weight excluding hydrogens is 368 g/mol. The Bertz CT molecular complexity index is 933. The van der Waals surface area contributed by atoms with Gasteiger partial charge in [-0.1, -0.05) is 42.5 Å². The molecule has 0 spiro atoms. The zero-order chi connectivity index (χ0) is 20.3. The number of nitrogens with one attached hydrogen (secondary N) is 2. The van der Waals surface area contributed by atoms with E-state index < -0.39 is 0 Å². The van der Waals surface area contributed by atoms with Crippen molar-refractivity contribution in [3.8, 4) is 5.75 Å². The van der Waals surface area contributed by atoms with Crippen LogP contribution in [0, 0.1) is 0 Å². The van der Waals surface area contributed by atoms with Gasteiger partial charge in [-0.25, -0.2) is 0 Å². The Hall–Kier alpha value is -3.80. The van der Waals surface area contributed by atoms with Gasteiger partial charge in [-0.05, 0) is 41.5 Å². The number of carbonyl (C=O) groups excluding carboxylic acids is 2. The van der Waals surface area contributed by atoms with E-state index in [4.69, 9.17) is 9.15 Å². The Labute approximate surface area is 169 Å². The molecule has 6 heteroatoms. The summed E-state index contributed by atoms with van der Waals surface area (Å²) < 4.78 is 10.9. The molecule has 1 aromatic heterocycles. The van der Waals surface area contributed by atoms with Gasteiger partial charge in [0.15, 0.2) is 0 Å². The van der Waals surface area contributed by atoms with Crippen LogP contribution in [0.4, 0.5) is 0 Å². The minimum Gasteiger partial charge on any atom is -0.489 e. The summed E-state index contributed by atoms with van der Waals surface area (Å²) in [6, 6.07) is 20.9. The van der Waals surface area contributed by atoms with Gasteiger partial charge < -0.3 is 19.8 Å². The predicted molar refractivity (Wildman–Crippen MR) is 110 cm³/mol. The second kappa shape index (κ2) is 10.5. The fourth-order valence-corrected chi connectivity index (χ4v) is 2.48. The average molecular weight is 390 g/mol. The summed E-state index contributed by atoms with van der Waals surface area (Å²) in [6.07, 6.45) is 4.60. The third-order valence-electron chi connectivity index (χ3n) is 4.02. The third-order valence-corrected chi connectivity index (χ3v) is 4.02. The van der Waals surface area contributed by atoms with Crippen molar-refractivity contribution in [2.24, 2.45) is 0 Å². The van der Waals surface area contributed by atoms with E-state index in [9.17, 15) is 9.59 Å². The summed E-state index contributed by atoms with van der Waals surface area (Å²) >= 11 is 0. The number of furan rings is 1. The van der Waals surface area contributed by atoms with Crippen molar-refractivity contribution < 1.29 is 18.7 Å². The van der Waals surface area contributed by atoms with E-state index in [1.54, 1.807) is 18.2 Å². The predicted octanol–water partition coefficient (Wildman–Crippen LogP) is 3.30. The standard InChI is InChI=1S/C23H22N2O4/c26-22(25-16-23(27)24-15-21-7-4-14-28-21)13-10-18-8-11-20(12-9-18)29-17-19-5-2-1-3-6-19/h1-14H,15-17H2,(H,24,27)(H,25,26)/b13-10+. The molecule has 6 nitrogen and oxygen atoms in total. The van der Waals surface area contributed by atoms with Gasteiger partial charge in [0.25, 0.3) is 0 Å². The fourth-order valence-electron chi connectivity index (χ4n) is 2.48. The van der Waals surface area contributed by atoms with Crippen LogP contribution in [0.25, 0.3) is 6.08 Å². The lowest BCUT2D eigenvalue weighted by atomic mass is 10.2. The Balaban J connectivity index is 1.38. The molecule has 1 heterocycles. The van der Waals surface area contributed by atoms with Crippen molar-refractivity contribution in [3.63, 3.8) is 0 Å². The molecule has 0 atom stereocenters. The SMILES string of the molecule is O=C(/C=C/c1ccc(OCc2ccccc2)cc1)NCC(=O)NCc1ccco1. The summed E-state index contributed by atoms with van der Waals surface area (Å²) in [7, 11) is 0. The van der Waals surface area contributed by atoms with Crippen LogP contribution in [0.1, 0.15) is 16.9 Å².